The smallest absolute Gasteiger partial charge is 0.244 e. The molecule has 1 aliphatic rings. The second kappa shape index (κ2) is 5.81. The number of anilines is 1. The third-order valence-corrected chi connectivity index (χ3v) is 5.68. The van der Waals surface area contributed by atoms with E-state index in [-0.39, 0.29) is 10.5 Å². The first-order valence-electron chi connectivity index (χ1n) is 6.71. The Labute approximate surface area is 120 Å². The standard InChI is InChI=1S/C14H19N3O2S/c1-17(10-11-4-2-3-5-11)20(18,19)14-7-6-13(16)8-12(14)9-15/h6-8,11H,2-5,10,16H2,1H3. The number of nitrogens with two attached hydrogens (primary N) is 1. The molecule has 0 amide bonds. The second-order valence-corrected chi connectivity index (χ2v) is 7.32. The zero-order valence-electron chi connectivity index (χ0n) is 11.5. The Morgan fingerprint density at radius 1 is 1.40 bits per heavy atom. The molecular weight excluding hydrogens is 274 g/mol. The van der Waals surface area contributed by atoms with E-state index in [0.29, 0.717) is 18.2 Å². The highest BCUT2D eigenvalue weighted by Gasteiger charge is 2.27. The van der Waals surface area contributed by atoms with Crippen LogP contribution < -0.4 is 5.73 Å². The Balaban J connectivity index is 2.27. The predicted molar refractivity (Wildman–Crippen MR) is 77.3 cm³/mol. The van der Waals surface area contributed by atoms with E-state index in [1.807, 2.05) is 6.07 Å². The fourth-order valence-electron chi connectivity index (χ4n) is 2.68. The van der Waals surface area contributed by atoms with Gasteiger partial charge < -0.3 is 5.73 Å². The van der Waals surface area contributed by atoms with Gasteiger partial charge in [0.2, 0.25) is 10.0 Å². The largest absolute Gasteiger partial charge is 0.399 e. The fourth-order valence-corrected chi connectivity index (χ4v) is 4.05. The lowest BCUT2D eigenvalue weighted by atomic mass is 10.1. The molecule has 0 aliphatic heterocycles. The van der Waals surface area contributed by atoms with Crippen molar-refractivity contribution < 1.29 is 8.42 Å². The molecule has 0 radical (unpaired) electrons. The number of nitriles is 1. The summed E-state index contributed by atoms with van der Waals surface area (Å²) in [5.74, 6) is 0.425. The molecule has 0 saturated heterocycles. The van der Waals surface area contributed by atoms with Crippen LogP contribution in [0.5, 0.6) is 0 Å². The van der Waals surface area contributed by atoms with Crippen LogP contribution in [0.3, 0.4) is 0 Å². The van der Waals surface area contributed by atoms with Gasteiger partial charge in [-0.25, -0.2) is 12.7 Å². The zero-order valence-corrected chi connectivity index (χ0v) is 12.4. The summed E-state index contributed by atoms with van der Waals surface area (Å²) >= 11 is 0. The van der Waals surface area contributed by atoms with Crippen LogP contribution in [0.4, 0.5) is 5.69 Å². The van der Waals surface area contributed by atoms with Crippen LogP contribution in [0, 0.1) is 17.2 Å². The molecule has 0 atom stereocenters. The Morgan fingerprint density at radius 3 is 2.65 bits per heavy atom. The van der Waals surface area contributed by atoms with Gasteiger partial charge >= 0.3 is 0 Å². The Hall–Kier alpha value is -1.58. The van der Waals surface area contributed by atoms with Crippen LogP contribution in [0.2, 0.25) is 0 Å². The molecule has 1 aromatic carbocycles. The molecule has 108 valence electrons. The molecule has 6 heteroatoms. The van der Waals surface area contributed by atoms with E-state index in [9.17, 15) is 8.42 Å². The summed E-state index contributed by atoms with van der Waals surface area (Å²) < 4.78 is 26.4. The van der Waals surface area contributed by atoms with Crippen LogP contribution in [0.1, 0.15) is 31.2 Å². The maximum Gasteiger partial charge on any atom is 0.244 e. The number of nitrogen functional groups attached to an aromatic ring is 1. The summed E-state index contributed by atoms with van der Waals surface area (Å²) in [5.41, 5.74) is 6.08. The third kappa shape index (κ3) is 2.94. The molecule has 0 bridgehead atoms. The molecule has 2 rings (SSSR count). The van der Waals surface area contributed by atoms with Gasteiger partial charge in [-0.05, 0) is 37.0 Å². The molecule has 20 heavy (non-hydrogen) atoms. The van der Waals surface area contributed by atoms with Gasteiger partial charge in [-0.15, -0.1) is 0 Å². The molecule has 1 fully saturated rings. The van der Waals surface area contributed by atoms with Crippen molar-refractivity contribution in [2.45, 2.75) is 30.6 Å². The monoisotopic (exact) mass is 293 g/mol. The van der Waals surface area contributed by atoms with Gasteiger partial charge in [-0.2, -0.15) is 5.26 Å². The van der Waals surface area contributed by atoms with Crippen LogP contribution in [-0.4, -0.2) is 26.3 Å². The van der Waals surface area contributed by atoms with Crippen LogP contribution in [0.15, 0.2) is 23.1 Å². The number of rotatable bonds is 4. The minimum Gasteiger partial charge on any atom is -0.399 e. The van der Waals surface area contributed by atoms with E-state index < -0.39 is 10.0 Å². The van der Waals surface area contributed by atoms with Crippen molar-refractivity contribution >= 4 is 15.7 Å². The quantitative estimate of drug-likeness (QED) is 0.859. The number of sulfonamides is 1. The van der Waals surface area contributed by atoms with Gasteiger partial charge in [-0.1, -0.05) is 12.8 Å². The van der Waals surface area contributed by atoms with E-state index in [1.54, 1.807) is 7.05 Å². The molecule has 2 N–H and O–H groups in total. The topological polar surface area (TPSA) is 87.2 Å². The molecule has 0 heterocycles. The van der Waals surface area contributed by atoms with Gasteiger partial charge in [0.05, 0.1) is 5.56 Å². The summed E-state index contributed by atoms with van der Waals surface area (Å²) in [5, 5.41) is 9.08. The minimum absolute atomic E-state index is 0.0368. The SMILES string of the molecule is CN(CC1CCCC1)S(=O)(=O)c1ccc(N)cc1C#N. The third-order valence-electron chi connectivity index (χ3n) is 3.80. The van der Waals surface area contributed by atoms with Gasteiger partial charge in [0.25, 0.3) is 0 Å². The van der Waals surface area contributed by atoms with E-state index >= 15 is 0 Å². The van der Waals surface area contributed by atoms with Crippen molar-refractivity contribution in [3.05, 3.63) is 23.8 Å². The van der Waals surface area contributed by atoms with Crippen molar-refractivity contribution in [1.82, 2.24) is 4.31 Å². The summed E-state index contributed by atoms with van der Waals surface area (Å²) in [4.78, 5) is 0.0368. The first-order chi connectivity index (χ1) is 9.45. The number of benzene rings is 1. The fraction of sp³-hybridized carbons (Fsp3) is 0.500. The summed E-state index contributed by atoms with van der Waals surface area (Å²) in [6.45, 7) is 0.511. The lowest BCUT2D eigenvalue weighted by Crippen LogP contribution is -2.31. The normalized spacial score (nSPS) is 16.4. The van der Waals surface area contributed by atoms with Gasteiger partial charge in [0, 0.05) is 19.3 Å². The zero-order chi connectivity index (χ0) is 14.8. The van der Waals surface area contributed by atoms with Gasteiger partial charge in [0.1, 0.15) is 11.0 Å². The minimum atomic E-state index is -3.63. The average molecular weight is 293 g/mol. The molecule has 1 saturated carbocycles. The Bertz CT molecular complexity index is 628. The molecule has 1 aromatic rings. The molecule has 1 aliphatic carbocycles. The Morgan fingerprint density at radius 2 is 2.05 bits per heavy atom. The number of nitrogens with zero attached hydrogens (tertiary/aromatic N) is 2. The maximum atomic E-state index is 12.5. The van der Waals surface area contributed by atoms with E-state index in [1.165, 1.54) is 35.3 Å². The van der Waals surface area contributed by atoms with Crippen LogP contribution in [-0.2, 0) is 10.0 Å². The van der Waals surface area contributed by atoms with Crippen LogP contribution >= 0.6 is 0 Å². The summed E-state index contributed by atoms with van der Waals surface area (Å²) in [6.07, 6.45) is 4.49. The highest BCUT2D eigenvalue weighted by Crippen LogP contribution is 2.28. The van der Waals surface area contributed by atoms with Gasteiger partial charge in [0.15, 0.2) is 0 Å². The van der Waals surface area contributed by atoms with Crippen molar-refractivity contribution in [3.63, 3.8) is 0 Å². The maximum absolute atomic E-state index is 12.5. The molecule has 0 spiro atoms. The van der Waals surface area contributed by atoms with E-state index in [0.717, 1.165) is 12.8 Å². The lowest BCUT2D eigenvalue weighted by molar-refractivity contribution is 0.387. The first-order valence-corrected chi connectivity index (χ1v) is 8.15. The van der Waals surface area contributed by atoms with E-state index in [2.05, 4.69) is 0 Å². The molecule has 0 aromatic heterocycles. The number of hydrogen-bond donors (Lipinski definition) is 1. The summed E-state index contributed by atoms with van der Waals surface area (Å²) in [6, 6.07) is 6.23. The lowest BCUT2D eigenvalue weighted by Gasteiger charge is -2.21. The number of hydrogen-bond acceptors (Lipinski definition) is 4. The van der Waals surface area contributed by atoms with Crippen LogP contribution in [0.25, 0.3) is 0 Å². The van der Waals surface area contributed by atoms with Crippen molar-refractivity contribution in [1.29, 1.82) is 5.26 Å². The highest BCUT2D eigenvalue weighted by molar-refractivity contribution is 7.89. The average Bonchev–Trinajstić information content (AvgIpc) is 2.91. The second-order valence-electron chi connectivity index (χ2n) is 5.30. The summed E-state index contributed by atoms with van der Waals surface area (Å²) in [7, 11) is -2.06. The Kier molecular flexibility index (Phi) is 4.31. The van der Waals surface area contributed by atoms with Gasteiger partial charge in [-0.3, -0.25) is 0 Å². The van der Waals surface area contributed by atoms with Crippen molar-refractivity contribution in [2.24, 2.45) is 5.92 Å². The first kappa shape index (κ1) is 14.8. The molecule has 5 nitrogen and oxygen atoms in total. The van der Waals surface area contributed by atoms with E-state index in [4.69, 9.17) is 11.0 Å². The van der Waals surface area contributed by atoms with Crippen molar-refractivity contribution in [2.75, 3.05) is 19.3 Å². The molecule has 0 unspecified atom stereocenters. The molecular formula is C14H19N3O2S. The highest BCUT2D eigenvalue weighted by atomic mass is 32.2. The predicted octanol–water partition coefficient (Wildman–Crippen LogP) is 1.95. The van der Waals surface area contributed by atoms with Crippen molar-refractivity contribution in [3.8, 4) is 6.07 Å².